The molecule has 3 fully saturated rings. The van der Waals surface area contributed by atoms with Crippen molar-refractivity contribution in [3.8, 4) is 0 Å². The quantitative estimate of drug-likeness (QED) is 0.776. The minimum atomic E-state index is 0. The summed E-state index contributed by atoms with van der Waals surface area (Å²) in [4.78, 5) is 30.9. The van der Waals surface area contributed by atoms with Crippen LogP contribution in [0.2, 0.25) is 0 Å². The first kappa shape index (κ1) is 22.5. The molecule has 0 aromatic carbocycles. The van der Waals surface area contributed by atoms with Gasteiger partial charge in [-0.15, -0.1) is 24.8 Å². The fourth-order valence-corrected chi connectivity index (χ4v) is 3.91. The molecule has 0 spiro atoms. The van der Waals surface area contributed by atoms with Crippen molar-refractivity contribution in [3.63, 3.8) is 0 Å². The highest BCUT2D eigenvalue weighted by Crippen LogP contribution is 2.13. The van der Waals surface area contributed by atoms with Crippen LogP contribution in [0.1, 0.15) is 38.5 Å². The number of nitrogens with one attached hydrogen (secondary N) is 1. The summed E-state index contributed by atoms with van der Waals surface area (Å²) in [7, 11) is 0. The van der Waals surface area contributed by atoms with Crippen molar-refractivity contribution in [1.82, 2.24) is 20.0 Å². The molecular weight excluding hydrogens is 363 g/mol. The largest absolute Gasteiger partial charge is 0.342 e. The SMILES string of the molecule is Cl.Cl.O=C(CC1CCCN1)N1CCCN(CC(=O)N2CCCC2)CC1. The summed E-state index contributed by atoms with van der Waals surface area (Å²) in [6.45, 7) is 6.75. The molecular formula is C17H32Cl2N4O2. The van der Waals surface area contributed by atoms with Crippen LogP contribution in [0.25, 0.3) is 0 Å². The lowest BCUT2D eigenvalue weighted by atomic mass is 10.1. The molecule has 3 heterocycles. The van der Waals surface area contributed by atoms with E-state index >= 15 is 0 Å². The van der Waals surface area contributed by atoms with Crippen LogP contribution in [0.4, 0.5) is 0 Å². The Morgan fingerprint density at radius 3 is 2.16 bits per heavy atom. The first-order valence-corrected chi connectivity index (χ1v) is 9.23. The van der Waals surface area contributed by atoms with E-state index < -0.39 is 0 Å². The molecule has 146 valence electrons. The molecule has 0 bridgehead atoms. The van der Waals surface area contributed by atoms with Gasteiger partial charge in [0.2, 0.25) is 11.8 Å². The van der Waals surface area contributed by atoms with E-state index in [0.717, 1.165) is 71.5 Å². The summed E-state index contributed by atoms with van der Waals surface area (Å²) >= 11 is 0. The highest BCUT2D eigenvalue weighted by atomic mass is 35.5. The zero-order valence-electron chi connectivity index (χ0n) is 15.0. The molecule has 3 saturated heterocycles. The third-order valence-corrected chi connectivity index (χ3v) is 5.34. The standard InChI is InChI=1S/C17H30N4O2.2ClH/c22-16(13-15-5-3-6-18-15)21-10-4-7-19(11-12-21)14-17(23)20-8-1-2-9-20;;/h15,18H,1-14H2;2*1H. The van der Waals surface area contributed by atoms with Crippen molar-refractivity contribution in [1.29, 1.82) is 0 Å². The number of hydrogen-bond acceptors (Lipinski definition) is 4. The van der Waals surface area contributed by atoms with E-state index in [4.69, 9.17) is 0 Å². The molecule has 6 nitrogen and oxygen atoms in total. The van der Waals surface area contributed by atoms with E-state index in [0.29, 0.717) is 19.0 Å². The van der Waals surface area contributed by atoms with Crippen LogP contribution in [-0.2, 0) is 9.59 Å². The van der Waals surface area contributed by atoms with Gasteiger partial charge in [-0.2, -0.15) is 0 Å². The lowest BCUT2D eigenvalue weighted by Crippen LogP contribution is -2.41. The first-order chi connectivity index (χ1) is 11.2. The smallest absolute Gasteiger partial charge is 0.236 e. The lowest BCUT2D eigenvalue weighted by molar-refractivity contribution is -0.131. The van der Waals surface area contributed by atoms with E-state index in [1.165, 1.54) is 6.42 Å². The average Bonchev–Trinajstić information content (AvgIpc) is 3.19. The zero-order chi connectivity index (χ0) is 16.1. The predicted octanol–water partition coefficient (Wildman–Crippen LogP) is 1.13. The number of nitrogens with zero attached hydrogens (tertiary/aromatic N) is 3. The van der Waals surface area contributed by atoms with Gasteiger partial charge in [0.15, 0.2) is 0 Å². The Morgan fingerprint density at radius 1 is 0.800 bits per heavy atom. The second kappa shape index (κ2) is 11.2. The van der Waals surface area contributed by atoms with Gasteiger partial charge in [0.1, 0.15) is 0 Å². The number of carbonyl (C=O) groups is 2. The molecule has 8 heteroatoms. The third-order valence-electron chi connectivity index (χ3n) is 5.34. The number of carbonyl (C=O) groups excluding carboxylic acids is 2. The van der Waals surface area contributed by atoms with Gasteiger partial charge < -0.3 is 15.1 Å². The van der Waals surface area contributed by atoms with Gasteiger partial charge in [-0.05, 0) is 38.6 Å². The lowest BCUT2D eigenvalue weighted by Gasteiger charge is -2.24. The summed E-state index contributed by atoms with van der Waals surface area (Å²) in [5, 5.41) is 3.40. The molecule has 1 atom stereocenters. The maximum absolute atomic E-state index is 12.4. The molecule has 0 aliphatic carbocycles. The van der Waals surface area contributed by atoms with Gasteiger partial charge in [0.05, 0.1) is 6.54 Å². The van der Waals surface area contributed by atoms with Gasteiger partial charge in [-0.1, -0.05) is 0 Å². The topological polar surface area (TPSA) is 55.9 Å². The number of halogens is 2. The van der Waals surface area contributed by atoms with Crippen LogP contribution in [-0.4, -0.2) is 84.9 Å². The molecule has 1 N–H and O–H groups in total. The van der Waals surface area contributed by atoms with E-state index in [-0.39, 0.29) is 36.6 Å². The van der Waals surface area contributed by atoms with Gasteiger partial charge in [-0.3, -0.25) is 14.5 Å². The van der Waals surface area contributed by atoms with Crippen molar-refractivity contribution in [2.45, 2.75) is 44.6 Å². The fraction of sp³-hybridized carbons (Fsp3) is 0.882. The van der Waals surface area contributed by atoms with Crippen LogP contribution in [0.3, 0.4) is 0 Å². The Balaban J connectivity index is 0.00000156. The summed E-state index contributed by atoms with van der Waals surface area (Å²) in [6, 6.07) is 0.374. The normalized spacial score (nSPS) is 24.4. The van der Waals surface area contributed by atoms with E-state index in [9.17, 15) is 9.59 Å². The van der Waals surface area contributed by atoms with Crippen molar-refractivity contribution in [3.05, 3.63) is 0 Å². The maximum Gasteiger partial charge on any atom is 0.236 e. The molecule has 0 saturated carbocycles. The Morgan fingerprint density at radius 2 is 1.48 bits per heavy atom. The average molecular weight is 395 g/mol. The Kier molecular flexibility index (Phi) is 10.1. The minimum absolute atomic E-state index is 0. The zero-order valence-corrected chi connectivity index (χ0v) is 16.6. The number of rotatable bonds is 4. The minimum Gasteiger partial charge on any atom is -0.342 e. The third kappa shape index (κ3) is 6.59. The second-order valence-electron chi connectivity index (χ2n) is 7.10. The Bertz CT molecular complexity index is 427. The molecule has 0 aromatic rings. The molecule has 25 heavy (non-hydrogen) atoms. The highest BCUT2D eigenvalue weighted by molar-refractivity contribution is 5.85. The Hall–Kier alpha value is -0.560. The monoisotopic (exact) mass is 394 g/mol. The van der Waals surface area contributed by atoms with Gasteiger partial charge in [0.25, 0.3) is 0 Å². The molecule has 1 unspecified atom stereocenters. The molecule has 0 radical (unpaired) electrons. The van der Waals surface area contributed by atoms with Crippen LogP contribution in [0.5, 0.6) is 0 Å². The van der Waals surface area contributed by atoms with Crippen LogP contribution in [0.15, 0.2) is 0 Å². The van der Waals surface area contributed by atoms with E-state index in [1.54, 1.807) is 0 Å². The predicted molar refractivity (Wildman–Crippen MR) is 104 cm³/mol. The van der Waals surface area contributed by atoms with Crippen LogP contribution >= 0.6 is 24.8 Å². The fourth-order valence-electron chi connectivity index (χ4n) is 3.91. The van der Waals surface area contributed by atoms with Gasteiger partial charge in [-0.25, -0.2) is 0 Å². The van der Waals surface area contributed by atoms with Gasteiger partial charge in [0, 0.05) is 51.7 Å². The number of amides is 2. The highest BCUT2D eigenvalue weighted by Gasteiger charge is 2.25. The molecule has 3 aliphatic heterocycles. The van der Waals surface area contributed by atoms with Crippen molar-refractivity contribution in [2.75, 3.05) is 52.4 Å². The number of likely N-dealkylation sites (tertiary alicyclic amines) is 1. The Labute approximate surface area is 163 Å². The van der Waals surface area contributed by atoms with Crippen molar-refractivity contribution in [2.24, 2.45) is 0 Å². The summed E-state index contributed by atoms with van der Waals surface area (Å²) in [6.07, 6.45) is 6.19. The molecule has 0 aromatic heterocycles. The summed E-state index contributed by atoms with van der Waals surface area (Å²) in [5.74, 6) is 0.537. The van der Waals surface area contributed by atoms with Crippen LogP contribution < -0.4 is 5.32 Å². The molecule has 2 amide bonds. The van der Waals surface area contributed by atoms with Crippen molar-refractivity contribution >= 4 is 36.6 Å². The van der Waals surface area contributed by atoms with E-state index in [2.05, 4.69) is 10.2 Å². The summed E-state index contributed by atoms with van der Waals surface area (Å²) < 4.78 is 0. The molecule has 3 aliphatic rings. The summed E-state index contributed by atoms with van der Waals surface area (Å²) in [5.41, 5.74) is 0. The molecule has 3 rings (SSSR count). The number of hydrogen-bond donors (Lipinski definition) is 1. The van der Waals surface area contributed by atoms with Crippen molar-refractivity contribution < 1.29 is 9.59 Å². The second-order valence-corrected chi connectivity index (χ2v) is 7.10. The van der Waals surface area contributed by atoms with E-state index in [1.807, 2.05) is 9.80 Å². The van der Waals surface area contributed by atoms with Crippen LogP contribution in [0, 0.1) is 0 Å². The maximum atomic E-state index is 12.4. The van der Waals surface area contributed by atoms with Gasteiger partial charge >= 0.3 is 0 Å². The first-order valence-electron chi connectivity index (χ1n) is 9.23.